The molecule has 0 aliphatic carbocycles. The van der Waals surface area contributed by atoms with Gasteiger partial charge in [-0.3, -0.25) is 0 Å². The molecule has 1 aromatic heterocycles. The number of hydrogen-bond acceptors (Lipinski definition) is 1. The molecule has 2 nitrogen and oxygen atoms in total. The molecule has 1 unspecified atom stereocenters. The van der Waals surface area contributed by atoms with Crippen LogP contribution in [0.1, 0.15) is 58.9 Å². The minimum Gasteiger partial charge on any atom is -0.354 e. The lowest BCUT2D eigenvalue weighted by Crippen LogP contribution is -2.18. The number of nitrogens with zero attached hydrogens (tertiary/aromatic N) is 1. The molecule has 1 atom stereocenters. The third kappa shape index (κ3) is 6.81. The summed E-state index contributed by atoms with van der Waals surface area (Å²) in [5.41, 5.74) is 1.41. The Morgan fingerprint density at radius 3 is 2.68 bits per heavy atom. The van der Waals surface area contributed by atoms with Crippen LogP contribution in [0.2, 0.25) is 0 Å². The van der Waals surface area contributed by atoms with E-state index in [1.54, 1.807) is 0 Å². The summed E-state index contributed by atoms with van der Waals surface area (Å²) in [6, 6.07) is 2.25. The minimum absolute atomic E-state index is 0.723. The SMILES string of the molecule is CCCCC(CC)Cn1ccc(CNCC(C)C)c1. The van der Waals surface area contributed by atoms with E-state index in [1.807, 2.05) is 0 Å². The van der Waals surface area contributed by atoms with Crippen molar-refractivity contribution in [2.75, 3.05) is 6.54 Å². The van der Waals surface area contributed by atoms with Gasteiger partial charge in [-0.05, 0) is 36.4 Å². The maximum atomic E-state index is 3.50. The molecular weight excluding hydrogens is 232 g/mol. The normalized spacial score (nSPS) is 13.1. The molecule has 0 radical (unpaired) electrons. The van der Waals surface area contributed by atoms with Gasteiger partial charge in [0.05, 0.1) is 0 Å². The topological polar surface area (TPSA) is 17.0 Å². The van der Waals surface area contributed by atoms with Gasteiger partial charge in [0.15, 0.2) is 0 Å². The Morgan fingerprint density at radius 2 is 2.05 bits per heavy atom. The van der Waals surface area contributed by atoms with Crippen LogP contribution in [0, 0.1) is 11.8 Å². The maximum Gasteiger partial charge on any atom is 0.0247 e. The van der Waals surface area contributed by atoms with Crippen LogP contribution in [0.3, 0.4) is 0 Å². The highest BCUT2D eigenvalue weighted by molar-refractivity contribution is 5.10. The van der Waals surface area contributed by atoms with Gasteiger partial charge in [0, 0.05) is 25.5 Å². The van der Waals surface area contributed by atoms with Gasteiger partial charge < -0.3 is 9.88 Å². The van der Waals surface area contributed by atoms with Crippen molar-refractivity contribution < 1.29 is 0 Å². The predicted molar refractivity (Wildman–Crippen MR) is 84.3 cm³/mol. The third-order valence-electron chi connectivity index (χ3n) is 3.71. The minimum atomic E-state index is 0.723. The van der Waals surface area contributed by atoms with Crippen LogP contribution in [-0.4, -0.2) is 11.1 Å². The summed E-state index contributed by atoms with van der Waals surface area (Å²) in [4.78, 5) is 0. The second kappa shape index (κ2) is 9.19. The molecule has 0 aromatic carbocycles. The number of rotatable bonds is 10. The highest BCUT2D eigenvalue weighted by Crippen LogP contribution is 2.16. The van der Waals surface area contributed by atoms with E-state index in [4.69, 9.17) is 0 Å². The molecule has 2 heteroatoms. The Balaban J connectivity index is 2.36. The molecule has 1 aromatic rings. The van der Waals surface area contributed by atoms with Crippen LogP contribution in [0.15, 0.2) is 18.5 Å². The first-order valence-corrected chi connectivity index (χ1v) is 8.01. The largest absolute Gasteiger partial charge is 0.354 e. The monoisotopic (exact) mass is 264 g/mol. The van der Waals surface area contributed by atoms with Gasteiger partial charge in [-0.25, -0.2) is 0 Å². The Morgan fingerprint density at radius 1 is 1.26 bits per heavy atom. The summed E-state index contributed by atoms with van der Waals surface area (Å²) in [6.45, 7) is 12.4. The van der Waals surface area contributed by atoms with E-state index in [0.717, 1.165) is 24.9 Å². The zero-order valence-corrected chi connectivity index (χ0v) is 13.3. The lowest BCUT2D eigenvalue weighted by Gasteiger charge is -2.15. The van der Waals surface area contributed by atoms with E-state index in [-0.39, 0.29) is 0 Å². The van der Waals surface area contributed by atoms with Crippen LogP contribution in [0.5, 0.6) is 0 Å². The standard InChI is InChI=1S/C17H32N2/c1-5-7-8-16(6-2)13-19-10-9-17(14-19)12-18-11-15(3)4/h9-10,14-16,18H,5-8,11-13H2,1-4H3. The second-order valence-corrected chi connectivity index (χ2v) is 6.16. The van der Waals surface area contributed by atoms with Gasteiger partial charge in [-0.1, -0.05) is 47.0 Å². The van der Waals surface area contributed by atoms with Crippen molar-refractivity contribution in [3.05, 3.63) is 24.0 Å². The van der Waals surface area contributed by atoms with Crippen LogP contribution in [0.4, 0.5) is 0 Å². The second-order valence-electron chi connectivity index (χ2n) is 6.16. The van der Waals surface area contributed by atoms with Gasteiger partial charge >= 0.3 is 0 Å². The van der Waals surface area contributed by atoms with Crippen molar-refractivity contribution in [2.24, 2.45) is 11.8 Å². The maximum absolute atomic E-state index is 3.50. The molecule has 0 saturated carbocycles. The van der Waals surface area contributed by atoms with Crippen LogP contribution in [-0.2, 0) is 13.1 Å². The van der Waals surface area contributed by atoms with Gasteiger partial charge in [0.1, 0.15) is 0 Å². The zero-order chi connectivity index (χ0) is 14.1. The highest BCUT2D eigenvalue weighted by Gasteiger charge is 2.07. The lowest BCUT2D eigenvalue weighted by atomic mass is 9.99. The number of hydrogen-bond donors (Lipinski definition) is 1. The molecule has 0 spiro atoms. The fraction of sp³-hybridized carbons (Fsp3) is 0.765. The van der Waals surface area contributed by atoms with Crippen molar-refractivity contribution in [1.82, 2.24) is 9.88 Å². The molecule has 0 amide bonds. The van der Waals surface area contributed by atoms with Crippen molar-refractivity contribution in [2.45, 2.75) is 66.5 Å². The quantitative estimate of drug-likeness (QED) is 0.660. The fourth-order valence-electron chi connectivity index (χ4n) is 2.43. The van der Waals surface area contributed by atoms with Gasteiger partial charge in [0.25, 0.3) is 0 Å². The molecular formula is C17H32N2. The number of unbranched alkanes of at least 4 members (excludes halogenated alkanes) is 1. The summed E-state index contributed by atoms with van der Waals surface area (Å²) < 4.78 is 2.37. The number of aromatic nitrogens is 1. The summed E-state index contributed by atoms with van der Waals surface area (Å²) >= 11 is 0. The Hall–Kier alpha value is -0.760. The molecule has 110 valence electrons. The van der Waals surface area contributed by atoms with Gasteiger partial charge in [-0.15, -0.1) is 0 Å². The first-order valence-electron chi connectivity index (χ1n) is 8.01. The molecule has 1 heterocycles. The summed E-state index contributed by atoms with van der Waals surface area (Å²) in [5.74, 6) is 1.56. The van der Waals surface area contributed by atoms with Crippen LogP contribution in [0.25, 0.3) is 0 Å². The van der Waals surface area contributed by atoms with E-state index in [9.17, 15) is 0 Å². The third-order valence-corrected chi connectivity index (χ3v) is 3.71. The van der Waals surface area contributed by atoms with Crippen LogP contribution < -0.4 is 5.32 Å². The molecule has 0 saturated heterocycles. The van der Waals surface area contributed by atoms with E-state index in [2.05, 4.69) is 56.0 Å². The molecule has 19 heavy (non-hydrogen) atoms. The van der Waals surface area contributed by atoms with Crippen molar-refractivity contribution >= 4 is 0 Å². The summed E-state index contributed by atoms with van der Waals surface area (Å²) in [5, 5.41) is 3.50. The number of nitrogens with one attached hydrogen (secondary N) is 1. The van der Waals surface area contributed by atoms with Gasteiger partial charge in [-0.2, -0.15) is 0 Å². The molecule has 1 N–H and O–H groups in total. The van der Waals surface area contributed by atoms with E-state index < -0.39 is 0 Å². The van der Waals surface area contributed by atoms with Gasteiger partial charge in [0.2, 0.25) is 0 Å². The zero-order valence-electron chi connectivity index (χ0n) is 13.3. The Bertz CT molecular complexity index is 328. The molecule has 1 rings (SSSR count). The van der Waals surface area contributed by atoms with Crippen molar-refractivity contribution in [3.63, 3.8) is 0 Å². The highest BCUT2D eigenvalue weighted by atomic mass is 14.9. The summed E-state index contributed by atoms with van der Waals surface area (Å²) in [6.07, 6.45) is 9.88. The first kappa shape index (κ1) is 16.3. The van der Waals surface area contributed by atoms with E-state index in [0.29, 0.717) is 0 Å². The van der Waals surface area contributed by atoms with Crippen LogP contribution >= 0.6 is 0 Å². The molecule has 0 fully saturated rings. The van der Waals surface area contributed by atoms with Crippen molar-refractivity contribution in [1.29, 1.82) is 0 Å². The average molecular weight is 264 g/mol. The molecule has 0 aliphatic heterocycles. The first-order chi connectivity index (χ1) is 9.15. The smallest absolute Gasteiger partial charge is 0.0247 e. The summed E-state index contributed by atoms with van der Waals surface area (Å²) in [7, 11) is 0. The van der Waals surface area contributed by atoms with E-state index >= 15 is 0 Å². The molecule has 0 bridgehead atoms. The average Bonchev–Trinajstić information content (AvgIpc) is 2.81. The predicted octanol–water partition coefficient (Wildman–Crippen LogP) is 4.45. The Kier molecular flexibility index (Phi) is 7.88. The lowest BCUT2D eigenvalue weighted by molar-refractivity contribution is 0.391. The van der Waals surface area contributed by atoms with E-state index in [1.165, 1.54) is 37.8 Å². The Labute approximate surface area is 119 Å². The molecule has 0 aliphatic rings. The fourth-order valence-corrected chi connectivity index (χ4v) is 2.43. The van der Waals surface area contributed by atoms with Crippen molar-refractivity contribution in [3.8, 4) is 0 Å².